The molecule has 11 heavy (non-hydrogen) atoms. The van der Waals surface area contributed by atoms with Crippen molar-refractivity contribution in [2.75, 3.05) is 27.7 Å². The van der Waals surface area contributed by atoms with Crippen LogP contribution in [0.15, 0.2) is 0 Å². The Labute approximate surface area is 69.5 Å². The summed E-state index contributed by atoms with van der Waals surface area (Å²) in [5.74, 6) is -1.26. The Balaban J connectivity index is 4.26. The number of hydrogen-bond donors (Lipinski definition) is 2. The summed E-state index contributed by atoms with van der Waals surface area (Å²) in [7, 11) is 5.54. The molecule has 0 aromatic heterocycles. The first-order valence-electron chi connectivity index (χ1n) is 4.34. The van der Waals surface area contributed by atoms with Crippen molar-refractivity contribution in [3.8, 4) is 0 Å². The summed E-state index contributed by atoms with van der Waals surface area (Å²) in [5.41, 5.74) is 0. The molecule has 2 N–H and O–H groups in total. The van der Waals surface area contributed by atoms with Gasteiger partial charge in [0.15, 0.2) is 0 Å². The minimum absolute atomic E-state index is 0.323. The number of carboxylic acids is 1. The molecule has 0 heterocycles. The number of nitrogens with zero attached hydrogens (tertiary/aromatic N) is 1. The molecule has 0 aliphatic carbocycles. The van der Waals surface area contributed by atoms with Crippen LogP contribution in [0.2, 0.25) is 0 Å². The fourth-order valence-corrected chi connectivity index (χ4v) is 0.752. The normalized spacial score (nSPS) is 19.9. The number of quaternary nitrogens is 1. The summed E-state index contributed by atoms with van der Waals surface area (Å²) in [6.45, 7) is 0.323. The number of rotatable bonds is 5. The molecule has 0 rings (SSSR count). The first kappa shape index (κ1) is 7.06. The van der Waals surface area contributed by atoms with E-state index in [1.165, 1.54) is 0 Å². The lowest BCUT2D eigenvalue weighted by Crippen LogP contribution is -2.42. The summed E-state index contributed by atoms with van der Waals surface area (Å²) in [6, 6.07) is 0. The van der Waals surface area contributed by atoms with Crippen molar-refractivity contribution in [3.05, 3.63) is 0 Å². The monoisotopic (exact) mass is 164 g/mol. The van der Waals surface area contributed by atoms with Crippen LogP contribution in [-0.2, 0) is 4.79 Å². The highest BCUT2D eigenvalue weighted by atomic mass is 16.4. The van der Waals surface area contributed by atoms with Gasteiger partial charge in [-0.2, -0.15) is 0 Å². The van der Waals surface area contributed by atoms with Gasteiger partial charge in [0.25, 0.3) is 0 Å². The van der Waals surface area contributed by atoms with E-state index in [-0.39, 0.29) is 0 Å². The molecule has 66 valence electrons. The van der Waals surface area contributed by atoms with Crippen molar-refractivity contribution < 1.29 is 20.9 Å². The molecule has 0 aliphatic rings. The van der Waals surface area contributed by atoms with Crippen LogP contribution in [0, 0.1) is 0 Å². The van der Waals surface area contributed by atoms with E-state index in [4.69, 9.17) is 7.91 Å². The lowest BCUT2D eigenvalue weighted by Gasteiger charge is -2.25. The van der Waals surface area contributed by atoms with Crippen LogP contribution in [0.5, 0.6) is 0 Å². The maximum atomic E-state index is 10.4. The van der Waals surface area contributed by atoms with Gasteiger partial charge < -0.3 is 14.7 Å². The molecule has 0 saturated carbocycles. The summed E-state index contributed by atoms with van der Waals surface area (Å²) in [4.78, 5) is 10.4. The number of aliphatic hydroxyl groups excluding tert-OH is 1. The predicted octanol–water partition coefficient (Wildman–Crippen LogP) is -0.472. The van der Waals surface area contributed by atoms with E-state index in [2.05, 4.69) is 5.11 Å². The number of aliphatic carboxylic acids is 1. The second-order valence-electron chi connectivity index (χ2n) is 3.52. The average Bonchev–Trinajstić information content (AvgIpc) is 1.97. The van der Waals surface area contributed by atoms with E-state index in [0.29, 0.717) is 11.0 Å². The van der Waals surface area contributed by atoms with Gasteiger partial charge in [-0.05, 0) is 0 Å². The largest absolute Gasteiger partial charge is 0.481 e. The van der Waals surface area contributed by atoms with Crippen LogP contribution in [-0.4, -0.2) is 55.9 Å². The van der Waals surface area contributed by atoms with Gasteiger partial charge >= 0.3 is 5.97 Å². The van der Waals surface area contributed by atoms with Crippen LogP contribution in [0.4, 0.5) is 0 Å². The fraction of sp³-hybridized carbons (Fsp3) is 0.857. The summed E-state index contributed by atoms with van der Waals surface area (Å²) >= 11 is 0. The minimum atomic E-state index is -1.39. The van der Waals surface area contributed by atoms with Gasteiger partial charge in [0.2, 0.25) is 1.43 Å². The fourth-order valence-electron chi connectivity index (χ4n) is 0.752. The zero-order valence-corrected chi connectivity index (χ0v) is 7.07. The second-order valence-corrected chi connectivity index (χ2v) is 3.52. The van der Waals surface area contributed by atoms with Crippen LogP contribution in [0.25, 0.3) is 0 Å². The van der Waals surface area contributed by atoms with E-state index < -0.39 is 18.5 Å². The molecular weight excluding hydrogens is 146 g/mol. The summed E-state index contributed by atoms with van der Waals surface area (Å²) < 4.78 is 14.3. The SMILES string of the molecule is [2H]O[C@@H](C[N+](C)(C)C)[C@H]([2H])C(=O)O. The Kier molecular flexibility index (Phi) is 2.37. The zero-order chi connectivity index (χ0) is 10.6. The molecule has 0 aromatic carbocycles. The van der Waals surface area contributed by atoms with Crippen molar-refractivity contribution in [3.63, 3.8) is 0 Å². The number of likely N-dealkylation sites (N-methyl/N-ethyl adjacent to an activating group) is 1. The summed E-state index contributed by atoms with van der Waals surface area (Å²) in [5, 5.41) is 12.7. The highest BCUT2D eigenvalue weighted by Crippen LogP contribution is 1.98. The van der Waals surface area contributed by atoms with E-state index >= 15 is 0 Å². The second kappa shape index (κ2) is 3.69. The lowest BCUT2D eigenvalue weighted by molar-refractivity contribution is -0.873. The number of carbonyl (C=O) groups is 1. The summed E-state index contributed by atoms with van der Waals surface area (Å²) in [6.07, 6.45) is -2.28. The molecule has 0 unspecified atom stereocenters. The van der Waals surface area contributed by atoms with Gasteiger partial charge in [-0.15, -0.1) is 0 Å². The molecule has 4 heteroatoms. The highest BCUT2D eigenvalue weighted by Gasteiger charge is 2.17. The topological polar surface area (TPSA) is 57.5 Å². The van der Waals surface area contributed by atoms with E-state index in [1.54, 1.807) is 0 Å². The Morgan fingerprint density at radius 3 is 2.55 bits per heavy atom. The molecule has 0 fully saturated rings. The first-order chi connectivity index (χ1) is 5.78. The van der Waals surface area contributed by atoms with Gasteiger partial charge in [0.1, 0.15) is 12.6 Å². The van der Waals surface area contributed by atoms with Crippen molar-refractivity contribution in [2.45, 2.75) is 12.5 Å². The molecule has 0 radical (unpaired) electrons. The van der Waals surface area contributed by atoms with Crippen LogP contribution < -0.4 is 0 Å². The van der Waals surface area contributed by atoms with Crippen molar-refractivity contribution in [1.82, 2.24) is 0 Å². The predicted molar refractivity (Wildman–Crippen MR) is 41.2 cm³/mol. The average molecular weight is 164 g/mol. The molecule has 0 aromatic rings. The van der Waals surface area contributed by atoms with Gasteiger partial charge in [-0.1, -0.05) is 0 Å². The van der Waals surface area contributed by atoms with Crippen molar-refractivity contribution in [2.24, 2.45) is 0 Å². The molecular formula is C7H16NO3+. The van der Waals surface area contributed by atoms with Crippen LogP contribution in [0.3, 0.4) is 0 Å². The third kappa shape index (κ3) is 7.29. The Bertz CT molecular complexity index is 181. The third-order valence-corrected chi connectivity index (χ3v) is 1.06. The first-order valence-corrected chi connectivity index (χ1v) is 3.35. The maximum Gasteiger partial charge on any atom is 0.306 e. The minimum Gasteiger partial charge on any atom is -0.481 e. The molecule has 2 atom stereocenters. The zero-order valence-electron chi connectivity index (χ0n) is 9.07. The van der Waals surface area contributed by atoms with Gasteiger partial charge in [0.05, 0.1) is 27.5 Å². The molecule has 0 spiro atoms. The number of carboxylic acid groups (broad SMARTS) is 1. The van der Waals surface area contributed by atoms with Crippen molar-refractivity contribution >= 4 is 5.97 Å². The Morgan fingerprint density at radius 1 is 1.73 bits per heavy atom. The molecule has 4 nitrogen and oxygen atoms in total. The standard InChI is InChI=1S/C7H15NO3/c1-8(2,3)5-6(9)4-7(10)11/h6,9H,4-5H2,1-3H3/p+1/t6-/m1/s1/i4D,9D/t4-,6+/m0. The lowest BCUT2D eigenvalue weighted by atomic mass is 10.2. The molecule has 0 amide bonds. The van der Waals surface area contributed by atoms with Crippen LogP contribution >= 0.6 is 0 Å². The van der Waals surface area contributed by atoms with Crippen LogP contribution in [0.1, 0.15) is 7.77 Å². The number of aliphatic hydroxyl groups is 1. The van der Waals surface area contributed by atoms with E-state index in [0.717, 1.165) is 0 Å². The van der Waals surface area contributed by atoms with Crippen molar-refractivity contribution in [1.29, 1.82) is 1.43 Å². The highest BCUT2D eigenvalue weighted by molar-refractivity contribution is 5.67. The van der Waals surface area contributed by atoms with Gasteiger partial charge in [-0.25, -0.2) is 0 Å². The quantitative estimate of drug-likeness (QED) is 0.540. The van der Waals surface area contributed by atoms with Gasteiger partial charge in [-0.3, -0.25) is 4.79 Å². The van der Waals surface area contributed by atoms with Gasteiger partial charge in [0, 0.05) is 1.37 Å². The third-order valence-electron chi connectivity index (χ3n) is 1.06. The maximum absolute atomic E-state index is 10.4. The number of hydrogen-bond acceptors (Lipinski definition) is 2. The van der Waals surface area contributed by atoms with E-state index in [1.807, 2.05) is 21.1 Å². The molecule has 0 saturated heterocycles. The van der Waals surface area contributed by atoms with E-state index in [9.17, 15) is 4.79 Å². The Hall–Kier alpha value is -0.610. The Morgan fingerprint density at radius 2 is 2.27 bits per heavy atom. The smallest absolute Gasteiger partial charge is 0.306 e. The molecule has 0 bridgehead atoms. The molecule has 0 aliphatic heterocycles.